The smallest absolute Gasteiger partial charge is 0.0628 e. The minimum atomic E-state index is -0.0723. The number of rotatable bonds is 10. The van der Waals surface area contributed by atoms with Crippen molar-refractivity contribution in [3.63, 3.8) is 0 Å². The minimum absolute atomic E-state index is 0.0723. The van der Waals surface area contributed by atoms with E-state index in [0.29, 0.717) is 12.0 Å². The van der Waals surface area contributed by atoms with E-state index in [1.54, 1.807) is 0 Å². The summed E-state index contributed by atoms with van der Waals surface area (Å²) in [6.45, 7) is 9.20. The summed E-state index contributed by atoms with van der Waals surface area (Å²) in [5.74, 6) is 0.667. The van der Waals surface area contributed by atoms with Crippen LogP contribution in [-0.4, -0.2) is 48.3 Å². The van der Waals surface area contributed by atoms with Gasteiger partial charge in [0.1, 0.15) is 0 Å². The molecule has 3 nitrogen and oxygen atoms in total. The normalized spacial score (nSPS) is 21.0. The van der Waals surface area contributed by atoms with Crippen LogP contribution in [0.15, 0.2) is 0 Å². The second kappa shape index (κ2) is 7.46. The quantitative estimate of drug-likeness (QED) is 0.629. The molecule has 1 aliphatic rings. The van der Waals surface area contributed by atoms with Crippen LogP contribution in [0.3, 0.4) is 0 Å². The van der Waals surface area contributed by atoms with E-state index < -0.39 is 0 Å². The zero-order chi connectivity index (χ0) is 13.6. The largest absolute Gasteiger partial charge is 0.394 e. The summed E-state index contributed by atoms with van der Waals surface area (Å²) in [7, 11) is 2.00. The average molecular weight is 256 g/mol. The first kappa shape index (κ1) is 15.9. The van der Waals surface area contributed by atoms with Crippen molar-refractivity contribution in [3.05, 3.63) is 0 Å². The van der Waals surface area contributed by atoms with Crippen LogP contribution in [0.4, 0.5) is 0 Å². The van der Waals surface area contributed by atoms with Crippen molar-refractivity contribution in [2.75, 3.05) is 26.7 Å². The lowest BCUT2D eigenvalue weighted by molar-refractivity contribution is 0.0765. The third kappa shape index (κ3) is 3.94. The zero-order valence-corrected chi connectivity index (χ0v) is 12.7. The zero-order valence-electron chi connectivity index (χ0n) is 12.7. The fourth-order valence-corrected chi connectivity index (χ4v) is 2.74. The molecule has 0 aliphatic heterocycles. The molecule has 1 aliphatic carbocycles. The van der Waals surface area contributed by atoms with Crippen molar-refractivity contribution in [3.8, 4) is 0 Å². The van der Waals surface area contributed by atoms with Gasteiger partial charge in [-0.1, -0.05) is 20.3 Å². The summed E-state index contributed by atoms with van der Waals surface area (Å²) >= 11 is 0. The molecular formula is C15H32N2O. The molecule has 1 saturated carbocycles. The van der Waals surface area contributed by atoms with Gasteiger partial charge in [-0.05, 0) is 52.1 Å². The second-order valence-corrected chi connectivity index (χ2v) is 5.92. The van der Waals surface area contributed by atoms with Crippen LogP contribution in [0.2, 0.25) is 0 Å². The Balaban J connectivity index is 2.65. The number of aliphatic hydroxyl groups is 1. The number of nitrogens with one attached hydrogen (secondary N) is 1. The van der Waals surface area contributed by atoms with Gasteiger partial charge in [0, 0.05) is 12.6 Å². The van der Waals surface area contributed by atoms with Gasteiger partial charge in [-0.25, -0.2) is 0 Å². The molecule has 0 aromatic carbocycles. The maximum Gasteiger partial charge on any atom is 0.0628 e. The highest BCUT2D eigenvalue weighted by atomic mass is 16.3. The van der Waals surface area contributed by atoms with Crippen molar-refractivity contribution in [1.82, 2.24) is 10.2 Å². The molecule has 0 amide bonds. The van der Waals surface area contributed by atoms with Gasteiger partial charge in [0.2, 0.25) is 0 Å². The molecule has 3 heteroatoms. The third-order valence-electron chi connectivity index (χ3n) is 4.64. The molecule has 0 heterocycles. The van der Waals surface area contributed by atoms with Crippen LogP contribution >= 0.6 is 0 Å². The molecule has 0 aromatic heterocycles. The standard InChI is InChI=1S/C15H32N2O/c1-5-7-10-17(13(3)6-2)11-15(12-18,16-4)14-8-9-14/h13-14,16,18H,5-12H2,1-4H3. The van der Waals surface area contributed by atoms with Crippen LogP contribution in [0.5, 0.6) is 0 Å². The van der Waals surface area contributed by atoms with Gasteiger partial charge in [0.25, 0.3) is 0 Å². The molecule has 1 rings (SSSR count). The van der Waals surface area contributed by atoms with Crippen LogP contribution in [0, 0.1) is 5.92 Å². The highest BCUT2D eigenvalue weighted by Crippen LogP contribution is 2.40. The van der Waals surface area contributed by atoms with Crippen molar-refractivity contribution < 1.29 is 5.11 Å². The Labute approximate surface area is 113 Å². The van der Waals surface area contributed by atoms with E-state index in [1.165, 1.54) is 32.1 Å². The van der Waals surface area contributed by atoms with E-state index in [9.17, 15) is 5.11 Å². The monoisotopic (exact) mass is 256 g/mol. The van der Waals surface area contributed by atoms with Gasteiger partial charge < -0.3 is 10.4 Å². The fourth-order valence-electron chi connectivity index (χ4n) is 2.74. The predicted molar refractivity (Wildman–Crippen MR) is 77.8 cm³/mol. The number of likely N-dealkylation sites (N-methyl/N-ethyl adjacent to an activating group) is 1. The fraction of sp³-hybridized carbons (Fsp3) is 1.00. The molecule has 2 atom stereocenters. The molecule has 2 unspecified atom stereocenters. The van der Waals surface area contributed by atoms with Crippen molar-refractivity contribution in [2.24, 2.45) is 5.92 Å². The Morgan fingerprint density at radius 3 is 2.44 bits per heavy atom. The van der Waals surface area contributed by atoms with Crippen molar-refractivity contribution >= 4 is 0 Å². The van der Waals surface area contributed by atoms with Gasteiger partial charge >= 0.3 is 0 Å². The summed E-state index contributed by atoms with van der Waals surface area (Å²) in [4.78, 5) is 2.56. The summed E-state index contributed by atoms with van der Waals surface area (Å²) in [5.41, 5.74) is -0.0723. The van der Waals surface area contributed by atoms with Gasteiger partial charge in [0.05, 0.1) is 12.1 Å². The average Bonchev–Trinajstić information content (AvgIpc) is 3.23. The van der Waals surface area contributed by atoms with Gasteiger partial charge in [-0.2, -0.15) is 0 Å². The van der Waals surface area contributed by atoms with E-state index in [2.05, 4.69) is 31.0 Å². The maximum atomic E-state index is 9.83. The number of hydrogen-bond acceptors (Lipinski definition) is 3. The molecule has 1 fully saturated rings. The Hall–Kier alpha value is -0.120. The number of unbranched alkanes of at least 4 members (excludes halogenated alkanes) is 1. The Kier molecular flexibility index (Phi) is 6.61. The second-order valence-electron chi connectivity index (χ2n) is 5.92. The van der Waals surface area contributed by atoms with E-state index in [1.807, 2.05) is 7.05 Å². The molecule has 108 valence electrons. The van der Waals surface area contributed by atoms with Crippen LogP contribution in [0.25, 0.3) is 0 Å². The van der Waals surface area contributed by atoms with Gasteiger partial charge in [0.15, 0.2) is 0 Å². The van der Waals surface area contributed by atoms with Crippen LogP contribution < -0.4 is 5.32 Å². The number of aliphatic hydroxyl groups excluding tert-OH is 1. The number of nitrogens with zero attached hydrogens (tertiary/aromatic N) is 1. The first-order chi connectivity index (χ1) is 8.63. The highest BCUT2D eigenvalue weighted by molar-refractivity contribution is 5.02. The van der Waals surface area contributed by atoms with E-state index in [4.69, 9.17) is 0 Å². The first-order valence-electron chi connectivity index (χ1n) is 7.67. The van der Waals surface area contributed by atoms with Crippen LogP contribution in [-0.2, 0) is 0 Å². The Bertz CT molecular complexity index is 225. The van der Waals surface area contributed by atoms with Crippen LogP contribution in [0.1, 0.15) is 52.9 Å². The van der Waals surface area contributed by atoms with Gasteiger partial charge in [-0.3, -0.25) is 4.90 Å². The lowest BCUT2D eigenvalue weighted by Crippen LogP contribution is -2.58. The summed E-state index contributed by atoms with van der Waals surface area (Å²) in [5, 5.41) is 13.2. The molecule has 0 bridgehead atoms. The Morgan fingerprint density at radius 1 is 1.39 bits per heavy atom. The molecule has 18 heavy (non-hydrogen) atoms. The van der Waals surface area contributed by atoms with Crippen molar-refractivity contribution in [1.29, 1.82) is 0 Å². The maximum absolute atomic E-state index is 9.83. The lowest BCUT2D eigenvalue weighted by Gasteiger charge is -2.40. The first-order valence-corrected chi connectivity index (χ1v) is 7.67. The van der Waals surface area contributed by atoms with E-state index in [-0.39, 0.29) is 12.1 Å². The predicted octanol–water partition coefficient (Wildman–Crippen LogP) is 2.25. The lowest BCUT2D eigenvalue weighted by atomic mass is 9.92. The summed E-state index contributed by atoms with van der Waals surface area (Å²) in [6.07, 6.45) is 6.20. The summed E-state index contributed by atoms with van der Waals surface area (Å²) < 4.78 is 0. The third-order valence-corrected chi connectivity index (χ3v) is 4.64. The summed E-state index contributed by atoms with van der Waals surface area (Å²) in [6, 6.07) is 0.606. The molecule has 0 spiro atoms. The van der Waals surface area contributed by atoms with E-state index in [0.717, 1.165) is 13.1 Å². The van der Waals surface area contributed by atoms with E-state index >= 15 is 0 Å². The van der Waals surface area contributed by atoms with Crippen molar-refractivity contribution in [2.45, 2.75) is 64.5 Å². The Morgan fingerprint density at radius 2 is 2.06 bits per heavy atom. The minimum Gasteiger partial charge on any atom is -0.394 e. The highest BCUT2D eigenvalue weighted by Gasteiger charge is 2.45. The molecule has 0 radical (unpaired) electrons. The SMILES string of the molecule is CCCCN(CC(CO)(NC)C1CC1)C(C)CC. The topological polar surface area (TPSA) is 35.5 Å². The molecular weight excluding hydrogens is 224 g/mol. The van der Waals surface area contributed by atoms with Gasteiger partial charge in [-0.15, -0.1) is 0 Å². The molecule has 0 saturated heterocycles. The molecule has 0 aromatic rings. The number of hydrogen-bond donors (Lipinski definition) is 2. The molecule has 2 N–H and O–H groups in total.